The number of hydrogen-bond donors (Lipinski definition) is 1. The van der Waals surface area contributed by atoms with Gasteiger partial charge in [-0.2, -0.15) is 0 Å². The number of carbonyl (C=O) groups excluding carboxylic acids is 3. The lowest BCUT2D eigenvalue weighted by Crippen LogP contribution is -2.42. The molecule has 0 bridgehead atoms. The summed E-state index contributed by atoms with van der Waals surface area (Å²) in [6, 6.07) is 10.2. The lowest BCUT2D eigenvalue weighted by Gasteiger charge is -2.33. The Morgan fingerprint density at radius 3 is 2.37 bits per heavy atom. The minimum absolute atomic E-state index is 0.0252. The van der Waals surface area contributed by atoms with Crippen LogP contribution in [0.25, 0.3) is 22.2 Å². The lowest BCUT2D eigenvalue weighted by atomic mass is 9.94. The molecule has 11 nitrogen and oxygen atoms in total. The number of likely N-dealkylation sites (tertiary alicyclic amines) is 1. The van der Waals surface area contributed by atoms with Gasteiger partial charge in [-0.3, -0.25) is 18.9 Å². The largest absolute Gasteiger partial charge is 0.444 e. The molecule has 1 saturated heterocycles. The molecule has 0 saturated carbocycles. The van der Waals surface area contributed by atoms with E-state index in [0.717, 1.165) is 12.1 Å². The van der Waals surface area contributed by atoms with Gasteiger partial charge in [0.1, 0.15) is 17.1 Å². The van der Waals surface area contributed by atoms with E-state index in [2.05, 4.69) is 9.71 Å². The molecule has 1 aliphatic rings. The number of pyridine rings is 1. The Hall–Kier alpha value is -4.56. The number of rotatable bonds is 11. The number of ketones is 1. The van der Waals surface area contributed by atoms with E-state index in [1.54, 1.807) is 69.1 Å². The van der Waals surface area contributed by atoms with Crippen molar-refractivity contribution < 1.29 is 41.1 Å². The van der Waals surface area contributed by atoms with E-state index in [-0.39, 0.29) is 47.8 Å². The van der Waals surface area contributed by atoms with E-state index < -0.39 is 56.4 Å². The molecule has 1 amide bonds. The van der Waals surface area contributed by atoms with E-state index in [0.29, 0.717) is 42.1 Å². The number of hydrogen-bond acceptors (Lipinski definition) is 8. The van der Waals surface area contributed by atoms with E-state index in [9.17, 15) is 22.8 Å². The van der Waals surface area contributed by atoms with Crippen molar-refractivity contribution in [1.82, 2.24) is 14.5 Å². The smallest absolute Gasteiger partial charge is 0.410 e. The third kappa shape index (κ3) is 9.22. The molecule has 0 aliphatic carbocycles. The maximum Gasteiger partial charge on any atom is 0.410 e. The first-order valence-electron chi connectivity index (χ1n) is 16.5. The number of carbonyl (C=O) groups is 3. The molecule has 2 aromatic heterocycles. The van der Waals surface area contributed by atoms with Gasteiger partial charge in [0.2, 0.25) is 15.8 Å². The summed E-state index contributed by atoms with van der Waals surface area (Å²) < 4.78 is 70.1. The van der Waals surface area contributed by atoms with Crippen LogP contribution < -0.4 is 4.72 Å². The quantitative estimate of drug-likeness (QED) is 0.123. The zero-order chi connectivity index (χ0) is 37.1. The molecule has 0 atom stereocenters. The first-order valence-corrected chi connectivity index (χ1v) is 18.5. The molecule has 272 valence electrons. The van der Waals surface area contributed by atoms with Gasteiger partial charge in [0, 0.05) is 47.9 Å². The number of halogens is 3. The highest BCUT2D eigenvalue weighted by molar-refractivity contribution is 7.92. The van der Waals surface area contributed by atoms with Gasteiger partial charge in [-0.05, 0) is 81.8 Å². The number of amides is 1. The van der Waals surface area contributed by atoms with Crippen molar-refractivity contribution in [3.8, 4) is 11.1 Å². The average Bonchev–Trinajstić information content (AvgIpc) is 3.43. The second kappa shape index (κ2) is 15.4. The van der Waals surface area contributed by atoms with Gasteiger partial charge in [-0.15, -0.1) is 0 Å². The number of esters is 1. The number of fused-ring (bicyclic) bond motifs is 1. The van der Waals surface area contributed by atoms with Crippen molar-refractivity contribution >= 4 is 56.2 Å². The molecule has 2 aromatic carbocycles. The van der Waals surface area contributed by atoms with E-state index in [4.69, 9.17) is 21.1 Å². The maximum absolute atomic E-state index is 15.7. The number of anilines is 1. The van der Waals surface area contributed by atoms with Crippen LogP contribution >= 0.6 is 11.6 Å². The standard InChI is InChI=1S/C36H39ClF2N4O7S/c1-5-16-51(47,48)41-29-11-10-28(38)31(32(29)39)33(45)27-20-43(34-26(27)18-24(19-40-34)23-6-8-25(37)9-7-23)21-49-30(44)17-22-12-14-42(15-13-22)35(46)50-36(2,3)4/h6-11,18-20,22,41H,5,12-17,21H2,1-4H3. The van der Waals surface area contributed by atoms with Crippen LogP contribution in [-0.2, 0) is 31.0 Å². The molecule has 1 fully saturated rings. The predicted octanol–water partition coefficient (Wildman–Crippen LogP) is 7.56. The summed E-state index contributed by atoms with van der Waals surface area (Å²) in [7, 11) is -3.96. The predicted molar refractivity (Wildman–Crippen MR) is 189 cm³/mol. The van der Waals surface area contributed by atoms with Crippen molar-refractivity contribution in [3.05, 3.63) is 82.6 Å². The highest BCUT2D eigenvalue weighted by Gasteiger charge is 2.30. The van der Waals surface area contributed by atoms with Gasteiger partial charge in [-0.25, -0.2) is 27.0 Å². The topological polar surface area (TPSA) is 137 Å². The summed E-state index contributed by atoms with van der Waals surface area (Å²) in [5, 5.41) is 0.722. The molecule has 1 N–H and O–H groups in total. The minimum atomic E-state index is -3.96. The first-order chi connectivity index (χ1) is 24.0. The second-order valence-electron chi connectivity index (χ2n) is 13.4. The SMILES string of the molecule is CCCS(=O)(=O)Nc1ccc(F)c(C(=O)c2cn(COC(=O)CC3CCN(C(=O)OC(C)(C)C)CC3)c3ncc(-c4ccc(Cl)cc4)cc23)c1F. The Labute approximate surface area is 299 Å². The van der Waals surface area contributed by atoms with Gasteiger partial charge in [0.15, 0.2) is 12.5 Å². The number of aromatic nitrogens is 2. The van der Waals surface area contributed by atoms with Crippen LogP contribution in [0.2, 0.25) is 5.02 Å². The molecule has 4 aromatic rings. The van der Waals surface area contributed by atoms with Crippen molar-refractivity contribution in [1.29, 1.82) is 0 Å². The maximum atomic E-state index is 15.7. The van der Waals surface area contributed by atoms with Gasteiger partial charge >= 0.3 is 12.1 Å². The zero-order valence-electron chi connectivity index (χ0n) is 28.7. The summed E-state index contributed by atoms with van der Waals surface area (Å²) in [5.41, 5.74) is -0.810. The van der Waals surface area contributed by atoms with Gasteiger partial charge in [0.05, 0.1) is 22.6 Å². The number of nitrogens with zero attached hydrogens (tertiary/aromatic N) is 3. The monoisotopic (exact) mass is 744 g/mol. The molecular weight excluding hydrogens is 706 g/mol. The summed E-state index contributed by atoms with van der Waals surface area (Å²) in [5.74, 6) is -4.47. The lowest BCUT2D eigenvalue weighted by molar-refractivity contribution is -0.148. The summed E-state index contributed by atoms with van der Waals surface area (Å²) in [6.45, 7) is 7.54. The Morgan fingerprint density at radius 2 is 1.73 bits per heavy atom. The Kier molecular flexibility index (Phi) is 11.3. The molecule has 3 heterocycles. The van der Waals surface area contributed by atoms with Crippen molar-refractivity contribution in [2.24, 2.45) is 5.92 Å². The minimum Gasteiger partial charge on any atom is -0.444 e. The molecule has 0 unspecified atom stereocenters. The van der Waals surface area contributed by atoms with Crippen LogP contribution in [0.15, 0.2) is 54.9 Å². The number of ether oxygens (including phenoxy) is 2. The van der Waals surface area contributed by atoms with Crippen LogP contribution in [0.5, 0.6) is 0 Å². The molecular formula is C36H39ClF2N4O7S. The highest BCUT2D eigenvalue weighted by Crippen LogP contribution is 2.32. The van der Waals surface area contributed by atoms with Crippen molar-refractivity contribution in [2.45, 2.75) is 65.7 Å². The van der Waals surface area contributed by atoms with Crippen LogP contribution in [0, 0.1) is 17.6 Å². The van der Waals surface area contributed by atoms with E-state index in [1.807, 2.05) is 0 Å². The van der Waals surface area contributed by atoms with E-state index >= 15 is 8.78 Å². The zero-order valence-corrected chi connectivity index (χ0v) is 30.2. The molecule has 0 radical (unpaired) electrons. The van der Waals surface area contributed by atoms with Crippen LogP contribution in [-0.4, -0.2) is 65.2 Å². The molecule has 15 heteroatoms. The fraction of sp³-hybridized carbons (Fsp3) is 0.389. The number of sulfonamides is 1. The summed E-state index contributed by atoms with van der Waals surface area (Å²) >= 11 is 6.05. The Balaban J connectivity index is 1.40. The fourth-order valence-corrected chi connectivity index (χ4v) is 7.05. The normalized spacial score (nSPS) is 14.1. The number of piperidine rings is 1. The van der Waals surface area contributed by atoms with Crippen LogP contribution in [0.4, 0.5) is 19.3 Å². The Morgan fingerprint density at radius 1 is 1.04 bits per heavy atom. The molecule has 1 aliphatic heterocycles. The number of nitrogens with one attached hydrogen (secondary N) is 1. The molecule has 0 spiro atoms. The second-order valence-corrected chi connectivity index (χ2v) is 15.7. The Bertz CT molecular complexity index is 2060. The van der Waals surface area contributed by atoms with Crippen LogP contribution in [0.1, 0.15) is 69.3 Å². The third-order valence-corrected chi connectivity index (χ3v) is 10.0. The van der Waals surface area contributed by atoms with Gasteiger partial charge in [0.25, 0.3) is 0 Å². The number of benzene rings is 2. The highest BCUT2D eigenvalue weighted by atomic mass is 35.5. The third-order valence-electron chi connectivity index (χ3n) is 8.28. The first kappa shape index (κ1) is 37.7. The average molecular weight is 745 g/mol. The van der Waals surface area contributed by atoms with Crippen LogP contribution in [0.3, 0.4) is 0 Å². The van der Waals surface area contributed by atoms with Gasteiger partial charge in [-0.1, -0.05) is 30.7 Å². The van der Waals surface area contributed by atoms with Crippen molar-refractivity contribution in [3.63, 3.8) is 0 Å². The summed E-state index contributed by atoms with van der Waals surface area (Å²) in [4.78, 5) is 45.4. The molecule has 51 heavy (non-hydrogen) atoms. The van der Waals surface area contributed by atoms with Gasteiger partial charge < -0.3 is 14.4 Å². The van der Waals surface area contributed by atoms with Crippen molar-refractivity contribution in [2.75, 3.05) is 23.6 Å². The van der Waals surface area contributed by atoms with E-state index in [1.165, 1.54) is 10.8 Å². The molecule has 5 rings (SSSR count). The summed E-state index contributed by atoms with van der Waals surface area (Å²) in [6.07, 6.45) is 3.96. The fourth-order valence-electron chi connectivity index (χ4n) is 5.79.